The number of hydrogen-bond donors (Lipinski definition) is 0. The average Bonchev–Trinajstić information content (AvgIpc) is 2.71. The minimum atomic E-state index is -0.0301. The van der Waals surface area contributed by atoms with Gasteiger partial charge >= 0.3 is 0 Å². The Bertz CT molecular complexity index is 455. The number of piperidine rings is 1. The summed E-state index contributed by atoms with van der Waals surface area (Å²) in [5, 5.41) is 0. The molecule has 0 aromatic heterocycles. The molecule has 2 heterocycles. The van der Waals surface area contributed by atoms with Crippen LogP contribution in [0.25, 0.3) is 0 Å². The summed E-state index contributed by atoms with van der Waals surface area (Å²) in [6.45, 7) is 0. The fourth-order valence-electron chi connectivity index (χ4n) is 3.00. The zero-order valence-electron chi connectivity index (χ0n) is 9.63. The Hall–Kier alpha value is -1.64. The molecule has 2 fully saturated rings. The SMILES string of the molecule is O=C1CC2CCC(=O)N2C(c2ccccc2)C1. The maximum Gasteiger partial charge on any atom is 0.223 e. The van der Waals surface area contributed by atoms with Crippen molar-refractivity contribution in [2.75, 3.05) is 0 Å². The fraction of sp³-hybridized carbons (Fsp3) is 0.429. The summed E-state index contributed by atoms with van der Waals surface area (Å²) in [5.74, 6) is 0.492. The molecular formula is C14H15NO2. The number of ketones is 1. The number of amides is 1. The van der Waals surface area contributed by atoms with E-state index in [0.717, 1.165) is 12.0 Å². The first-order valence-electron chi connectivity index (χ1n) is 6.13. The molecule has 1 amide bonds. The molecule has 0 bridgehead atoms. The molecule has 2 saturated heterocycles. The first-order valence-corrected chi connectivity index (χ1v) is 6.13. The van der Waals surface area contributed by atoms with Gasteiger partial charge in [-0.05, 0) is 12.0 Å². The number of fused-ring (bicyclic) bond motifs is 1. The molecule has 1 aromatic carbocycles. The molecule has 0 aliphatic carbocycles. The monoisotopic (exact) mass is 229 g/mol. The number of benzene rings is 1. The van der Waals surface area contributed by atoms with E-state index >= 15 is 0 Å². The van der Waals surface area contributed by atoms with Crippen LogP contribution in [0.3, 0.4) is 0 Å². The van der Waals surface area contributed by atoms with Gasteiger partial charge in [-0.15, -0.1) is 0 Å². The van der Waals surface area contributed by atoms with Crippen LogP contribution in [0.2, 0.25) is 0 Å². The zero-order chi connectivity index (χ0) is 11.8. The number of rotatable bonds is 1. The highest BCUT2D eigenvalue weighted by Gasteiger charge is 2.42. The van der Waals surface area contributed by atoms with Crippen molar-refractivity contribution in [2.24, 2.45) is 0 Å². The van der Waals surface area contributed by atoms with Gasteiger partial charge in [-0.1, -0.05) is 30.3 Å². The van der Waals surface area contributed by atoms with Crippen molar-refractivity contribution in [2.45, 2.75) is 37.8 Å². The maximum atomic E-state index is 11.9. The molecule has 2 unspecified atom stereocenters. The van der Waals surface area contributed by atoms with Gasteiger partial charge in [0.05, 0.1) is 6.04 Å². The van der Waals surface area contributed by atoms with Crippen molar-refractivity contribution in [3.63, 3.8) is 0 Å². The van der Waals surface area contributed by atoms with Crippen molar-refractivity contribution in [3.8, 4) is 0 Å². The molecule has 0 saturated carbocycles. The highest BCUT2D eigenvalue weighted by molar-refractivity contribution is 5.87. The van der Waals surface area contributed by atoms with Crippen LogP contribution in [-0.4, -0.2) is 22.6 Å². The van der Waals surface area contributed by atoms with E-state index in [2.05, 4.69) is 0 Å². The second-order valence-electron chi connectivity index (χ2n) is 4.87. The van der Waals surface area contributed by atoms with E-state index in [1.807, 2.05) is 35.2 Å². The van der Waals surface area contributed by atoms with Gasteiger partial charge in [-0.3, -0.25) is 9.59 Å². The topological polar surface area (TPSA) is 37.4 Å². The predicted molar refractivity (Wildman–Crippen MR) is 63.3 cm³/mol. The lowest BCUT2D eigenvalue weighted by molar-refractivity contribution is -0.136. The highest BCUT2D eigenvalue weighted by atomic mass is 16.2. The largest absolute Gasteiger partial charge is 0.332 e. The Morgan fingerprint density at radius 2 is 1.82 bits per heavy atom. The van der Waals surface area contributed by atoms with E-state index in [0.29, 0.717) is 19.3 Å². The third kappa shape index (κ3) is 1.75. The quantitative estimate of drug-likeness (QED) is 0.739. The van der Waals surface area contributed by atoms with Crippen LogP contribution in [0.1, 0.15) is 37.3 Å². The molecule has 0 N–H and O–H groups in total. The number of Topliss-reactive ketones (excluding diaryl/α,β-unsaturated/α-hetero) is 1. The standard InChI is InChI=1S/C14H15NO2/c16-12-8-11-6-7-14(17)15(11)13(9-12)10-4-2-1-3-5-10/h1-5,11,13H,6-9H2. The summed E-state index contributed by atoms with van der Waals surface area (Å²) in [6, 6.07) is 10.0. The number of hydrogen-bond acceptors (Lipinski definition) is 2. The van der Waals surface area contributed by atoms with Crippen LogP contribution in [0, 0.1) is 0 Å². The van der Waals surface area contributed by atoms with Crippen LogP contribution in [0.15, 0.2) is 30.3 Å². The molecule has 0 spiro atoms. The Labute approximate surface area is 100 Å². The Kier molecular flexibility index (Phi) is 2.46. The van der Waals surface area contributed by atoms with Crippen molar-refractivity contribution < 1.29 is 9.59 Å². The van der Waals surface area contributed by atoms with Gasteiger partial charge in [0.1, 0.15) is 5.78 Å². The minimum absolute atomic E-state index is 0.0301. The maximum absolute atomic E-state index is 11.9. The van der Waals surface area contributed by atoms with Crippen molar-refractivity contribution in [1.29, 1.82) is 0 Å². The lowest BCUT2D eigenvalue weighted by Gasteiger charge is -2.37. The van der Waals surface area contributed by atoms with E-state index in [1.165, 1.54) is 0 Å². The normalized spacial score (nSPS) is 28.4. The first-order chi connectivity index (χ1) is 8.25. The van der Waals surface area contributed by atoms with Crippen molar-refractivity contribution in [1.82, 2.24) is 4.90 Å². The Balaban J connectivity index is 1.96. The molecule has 3 rings (SSSR count). The Morgan fingerprint density at radius 1 is 1.06 bits per heavy atom. The molecule has 3 heteroatoms. The van der Waals surface area contributed by atoms with Crippen LogP contribution in [-0.2, 0) is 9.59 Å². The summed E-state index contributed by atoms with van der Waals surface area (Å²) in [4.78, 5) is 25.6. The molecule has 3 nitrogen and oxygen atoms in total. The van der Waals surface area contributed by atoms with Gasteiger partial charge < -0.3 is 4.90 Å². The van der Waals surface area contributed by atoms with Crippen molar-refractivity contribution in [3.05, 3.63) is 35.9 Å². The van der Waals surface area contributed by atoms with Gasteiger partial charge in [-0.2, -0.15) is 0 Å². The van der Waals surface area contributed by atoms with E-state index < -0.39 is 0 Å². The second kappa shape index (κ2) is 3.99. The van der Waals surface area contributed by atoms with E-state index in [1.54, 1.807) is 0 Å². The molecule has 17 heavy (non-hydrogen) atoms. The van der Waals surface area contributed by atoms with Gasteiger partial charge in [0.2, 0.25) is 5.91 Å². The zero-order valence-corrected chi connectivity index (χ0v) is 9.63. The number of carbonyl (C=O) groups is 2. The van der Waals surface area contributed by atoms with E-state index in [9.17, 15) is 9.59 Å². The third-order valence-electron chi connectivity index (χ3n) is 3.78. The van der Waals surface area contributed by atoms with Crippen LogP contribution >= 0.6 is 0 Å². The number of carbonyl (C=O) groups excluding carboxylic acids is 2. The summed E-state index contributed by atoms with van der Waals surface area (Å²) in [5.41, 5.74) is 1.08. The second-order valence-corrected chi connectivity index (χ2v) is 4.87. The van der Waals surface area contributed by atoms with Crippen LogP contribution in [0.5, 0.6) is 0 Å². The molecule has 1 aromatic rings. The third-order valence-corrected chi connectivity index (χ3v) is 3.78. The van der Waals surface area contributed by atoms with Gasteiger partial charge in [0.15, 0.2) is 0 Å². The molecule has 2 aliphatic heterocycles. The minimum Gasteiger partial charge on any atom is -0.332 e. The lowest BCUT2D eigenvalue weighted by Crippen LogP contribution is -2.43. The summed E-state index contributed by atoms with van der Waals surface area (Å²) >= 11 is 0. The summed E-state index contributed by atoms with van der Waals surface area (Å²) < 4.78 is 0. The fourth-order valence-corrected chi connectivity index (χ4v) is 3.00. The lowest BCUT2D eigenvalue weighted by atomic mass is 9.91. The molecule has 2 aliphatic rings. The van der Waals surface area contributed by atoms with Crippen LogP contribution < -0.4 is 0 Å². The molecule has 2 atom stereocenters. The predicted octanol–water partition coefficient (Wildman–Crippen LogP) is 2.08. The highest BCUT2D eigenvalue weighted by Crippen LogP contribution is 2.38. The average molecular weight is 229 g/mol. The van der Waals surface area contributed by atoms with Gasteiger partial charge in [-0.25, -0.2) is 0 Å². The van der Waals surface area contributed by atoms with E-state index in [4.69, 9.17) is 0 Å². The Morgan fingerprint density at radius 3 is 2.59 bits per heavy atom. The molecular weight excluding hydrogens is 214 g/mol. The summed E-state index contributed by atoms with van der Waals surface area (Å²) in [6.07, 6.45) is 2.47. The van der Waals surface area contributed by atoms with Gasteiger partial charge in [0, 0.05) is 25.3 Å². The van der Waals surface area contributed by atoms with Crippen molar-refractivity contribution >= 4 is 11.7 Å². The van der Waals surface area contributed by atoms with Crippen LogP contribution in [0.4, 0.5) is 0 Å². The number of nitrogens with zero attached hydrogens (tertiary/aromatic N) is 1. The molecule has 0 radical (unpaired) electrons. The smallest absolute Gasteiger partial charge is 0.223 e. The van der Waals surface area contributed by atoms with E-state index in [-0.39, 0.29) is 23.8 Å². The summed E-state index contributed by atoms with van der Waals surface area (Å²) in [7, 11) is 0. The first kappa shape index (κ1) is 10.5. The van der Waals surface area contributed by atoms with Gasteiger partial charge in [0.25, 0.3) is 0 Å². The molecule has 88 valence electrons.